The second-order valence-electron chi connectivity index (χ2n) is 7.12. The van der Waals surface area contributed by atoms with E-state index in [-0.39, 0.29) is 29.2 Å². The molecule has 1 spiro atoms. The summed E-state index contributed by atoms with van der Waals surface area (Å²) in [5.41, 5.74) is 0.445. The zero-order chi connectivity index (χ0) is 17.3. The number of amides is 1. The maximum Gasteiger partial charge on any atom is 0.399 e. The molecule has 0 atom stereocenters. The molecule has 2 heterocycles. The highest BCUT2D eigenvalue weighted by atomic mass is 16.6. The molecule has 25 heavy (non-hydrogen) atoms. The highest BCUT2D eigenvalue weighted by molar-refractivity contribution is 5.92. The lowest BCUT2D eigenvalue weighted by Crippen LogP contribution is -2.35. The van der Waals surface area contributed by atoms with Crippen LogP contribution in [0.5, 0.6) is 11.8 Å². The standard InChI is InChI=1S/C19H22N2O4/c22-14-6-8-19(9-7-14)10-11-21(13-19)17(23)16-12-24-18(20-16)25-15-4-2-1-3-5-15/h1-5,12,14,22H,6-11,13H2. The van der Waals surface area contributed by atoms with E-state index in [4.69, 9.17) is 9.15 Å². The lowest BCUT2D eigenvalue weighted by Gasteiger charge is -2.35. The number of aliphatic hydroxyl groups is 1. The van der Waals surface area contributed by atoms with Crippen LogP contribution in [0.4, 0.5) is 0 Å². The SMILES string of the molecule is O=C(c1coc(Oc2ccccc2)n1)N1CCC2(CCC(O)CC2)C1. The molecule has 1 aromatic carbocycles. The monoisotopic (exact) mass is 342 g/mol. The number of carbonyl (C=O) groups is 1. The Labute approximate surface area is 146 Å². The normalized spacial score (nSPS) is 26.1. The molecule has 1 aliphatic heterocycles. The molecule has 4 rings (SSSR count). The van der Waals surface area contributed by atoms with Gasteiger partial charge in [0.2, 0.25) is 0 Å². The average molecular weight is 342 g/mol. The van der Waals surface area contributed by atoms with Crippen molar-refractivity contribution < 1.29 is 19.1 Å². The summed E-state index contributed by atoms with van der Waals surface area (Å²) < 4.78 is 10.8. The van der Waals surface area contributed by atoms with Gasteiger partial charge in [-0.05, 0) is 49.7 Å². The maximum atomic E-state index is 12.7. The first-order valence-electron chi connectivity index (χ1n) is 8.79. The lowest BCUT2D eigenvalue weighted by atomic mass is 9.73. The van der Waals surface area contributed by atoms with Crippen molar-refractivity contribution >= 4 is 5.91 Å². The predicted octanol–water partition coefficient (Wildman–Crippen LogP) is 3.23. The summed E-state index contributed by atoms with van der Waals surface area (Å²) in [4.78, 5) is 18.7. The molecule has 1 saturated heterocycles. The van der Waals surface area contributed by atoms with Gasteiger partial charge in [0.1, 0.15) is 12.0 Å². The van der Waals surface area contributed by atoms with E-state index in [1.807, 2.05) is 23.1 Å². The molecule has 1 aromatic heterocycles. The third kappa shape index (κ3) is 3.39. The van der Waals surface area contributed by atoms with E-state index in [1.165, 1.54) is 6.26 Å². The van der Waals surface area contributed by atoms with Crippen molar-refractivity contribution in [3.63, 3.8) is 0 Å². The van der Waals surface area contributed by atoms with Crippen LogP contribution < -0.4 is 4.74 Å². The number of nitrogens with zero attached hydrogens (tertiary/aromatic N) is 2. The molecule has 1 aliphatic carbocycles. The van der Waals surface area contributed by atoms with Gasteiger partial charge in [-0.15, -0.1) is 0 Å². The number of aromatic nitrogens is 1. The molecule has 1 saturated carbocycles. The number of rotatable bonds is 3. The molecule has 6 heteroatoms. The zero-order valence-electron chi connectivity index (χ0n) is 14.1. The van der Waals surface area contributed by atoms with E-state index >= 15 is 0 Å². The fourth-order valence-corrected chi connectivity index (χ4v) is 3.89. The largest absolute Gasteiger partial charge is 0.416 e. The molecule has 2 aliphatic rings. The highest BCUT2D eigenvalue weighted by Gasteiger charge is 2.42. The first-order chi connectivity index (χ1) is 12.1. The van der Waals surface area contributed by atoms with Crippen LogP contribution in [0.1, 0.15) is 42.6 Å². The fraction of sp³-hybridized carbons (Fsp3) is 0.474. The lowest BCUT2D eigenvalue weighted by molar-refractivity contribution is 0.0597. The van der Waals surface area contributed by atoms with Crippen molar-refractivity contribution in [2.75, 3.05) is 13.1 Å². The molecule has 2 aromatic rings. The number of aliphatic hydroxyl groups excluding tert-OH is 1. The summed E-state index contributed by atoms with van der Waals surface area (Å²) >= 11 is 0. The minimum absolute atomic E-state index is 0.0734. The van der Waals surface area contributed by atoms with Crippen molar-refractivity contribution in [3.05, 3.63) is 42.3 Å². The van der Waals surface area contributed by atoms with E-state index in [2.05, 4.69) is 4.98 Å². The van der Waals surface area contributed by atoms with Crippen LogP contribution in [-0.2, 0) is 0 Å². The molecular weight excluding hydrogens is 320 g/mol. The number of para-hydroxylation sites is 1. The molecular formula is C19H22N2O4. The van der Waals surface area contributed by atoms with Crippen molar-refractivity contribution in [1.29, 1.82) is 0 Å². The first kappa shape index (κ1) is 16.1. The first-order valence-corrected chi connectivity index (χ1v) is 8.79. The molecule has 1 amide bonds. The number of benzene rings is 1. The number of hydrogen-bond donors (Lipinski definition) is 1. The number of likely N-dealkylation sites (tertiary alicyclic amines) is 1. The summed E-state index contributed by atoms with van der Waals surface area (Å²) in [5, 5.41) is 9.71. The van der Waals surface area contributed by atoms with Gasteiger partial charge < -0.3 is 19.2 Å². The second-order valence-corrected chi connectivity index (χ2v) is 7.12. The van der Waals surface area contributed by atoms with Gasteiger partial charge in [0.15, 0.2) is 5.69 Å². The van der Waals surface area contributed by atoms with Crippen LogP contribution in [0.25, 0.3) is 0 Å². The third-order valence-corrected chi connectivity index (χ3v) is 5.39. The smallest absolute Gasteiger partial charge is 0.399 e. The van der Waals surface area contributed by atoms with Crippen molar-refractivity contribution in [2.24, 2.45) is 5.41 Å². The predicted molar refractivity (Wildman–Crippen MR) is 90.4 cm³/mol. The number of carbonyl (C=O) groups excluding carboxylic acids is 1. The maximum absolute atomic E-state index is 12.7. The Morgan fingerprint density at radius 3 is 2.76 bits per heavy atom. The summed E-state index contributed by atoms with van der Waals surface area (Å²) in [6, 6.07) is 9.20. The van der Waals surface area contributed by atoms with Gasteiger partial charge in [-0.25, -0.2) is 0 Å². The quantitative estimate of drug-likeness (QED) is 0.927. The van der Waals surface area contributed by atoms with Crippen LogP contribution in [0.2, 0.25) is 0 Å². The number of oxazole rings is 1. The van der Waals surface area contributed by atoms with Gasteiger partial charge in [0.25, 0.3) is 5.91 Å². The van der Waals surface area contributed by atoms with Gasteiger partial charge in [-0.1, -0.05) is 18.2 Å². The van der Waals surface area contributed by atoms with Crippen LogP contribution >= 0.6 is 0 Å². The van der Waals surface area contributed by atoms with E-state index in [1.54, 1.807) is 12.1 Å². The third-order valence-electron chi connectivity index (χ3n) is 5.39. The van der Waals surface area contributed by atoms with E-state index in [0.717, 1.165) is 45.2 Å². The van der Waals surface area contributed by atoms with Gasteiger partial charge in [0.05, 0.1) is 6.10 Å². The molecule has 6 nitrogen and oxygen atoms in total. The Morgan fingerprint density at radius 1 is 1.24 bits per heavy atom. The van der Waals surface area contributed by atoms with E-state index in [0.29, 0.717) is 5.75 Å². The van der Waals surface area contributed by atoms with Crippen LogP contribution in [-0.4, -0.2) is 40.1 Å². The van der Waals surface area contributed by atoms with Crippen molar-refractivity contribution in [2.45, 2.75) is 38.2 Å². The number of ether oxygens (including phenoxy) is 1. The molecule has 0 radical (unpaired) electrons. The van der Waals surface area contributed by atoms with Gasteiger partial charge in [0, 0.05) is 13.1 Å². The van der Waals surface area contributed by atoms with Gasteiger partial charge in [-0.2, -0.15) is 4.98 Å². The van der Waals surface area contributed by atoms with Gasteiger partial charge >= 0.3 is 6.08 Å². The number of hydrogen-bond acceptors (Lipinski definition) is 5. The Kier molecular flexibility index (Phi) is 4.21. The van der Waals surface area contributed by atoms with Crippen LogP contribution in [0.3, 0.4) is 0 Å². The highest BCUT2D eigenvalue weighted by Crippen LogP contribution is 2.44. The Bertz CT molecular complexity index is 735. The molecule has 0 bridgehead atoms. The fourth-order valence-electron chi connectivity index (χ4n) is 3.89. The summed E-state index contributed by atoms with van der Waals surface area (Å²) in [6.07, 6.45) is 5.89. The van der Waals surface area contributed by atoms with E-state index < -0.39 is 0 Å². The topological polar surface area (TPSA) is 75.8 Å². The summed E-state index contributed by atoms with van der Waals surface area (Å²) in [5.74, 6) is 0.499. The van der Waals surface area contributed by atoms with E-state index in [9.17, 15) is 9.90 Å². The van der Waals surface area contributed by atoms with Gasteiger partial charge in [-0.3, -0.25) is 4.79 Å². The second kappa shape index (κ2) is 6.52. The molecule has 132 valence electrons. The Balaban J connectivity index is 1.40. The van der Waals surface area contributed by atoms with Crippen molar-refractivity contribution in [3.8, 4) is 11.8 Å². The Hall–Kier alpha value is -2.34. The van der Waals surface area contributed by atoms with Crippen LogP contribution in [0, 0.1) is 5.41 Å². The van der Waals surface area contributed by atoms with Crippen molar-refractivity contribution in [1.82, 2.24) is 9.88 Å². The minimum Gasteiger partial charge on any atom is -0.416 e. The average Bonchev–Trinajstić information content (AvgIpc) is 3.26. The molecule has 2 fully saturated rings. The molecule has 1 N–H and O–H groups in total. The summed E-state index contributed by atoms with van der Waals surface area (Å²) in [6.45, 7) is 1.47. The van der Waals surface area contributed by atoms with Crippen LogP contribution in [0.15, 0.2) is 41.0 Å². The Morgan fingerprint density at radius 2 is 2.00 bits per heavy atom. The zero-order valence-corrected chi connectivity index (χ0v) is 14.1. The summed E-state index contributed by atoms with van der Waals surface area (Å²) in [7, 11) is 0. The molecule has 0 unspecified atom stereocenters. The minimum atomic E-state index is -0.177.